The third-order valence-corrected chi connectivity index (χ3v) is 2.79. The van der Waals surface area contributed by atoms with Crippen LogP contribution >= 0.6 is 11.6 Å². The second-order valence-corrected chi connectivity index (χ2v) is 6.11. The molecule has 1 heterocycles. The molecule has 0 spiro atoms. The van der Waals surface area contributed by atoms with Crippen molar-refractivity contribution in [3.63, 3.8) is 0 Å². The fraction of sp³-hybridized carbons (Fsp3) is 0.692. The van der Waals surface area contributed by atoms with Gasteiger partial charge in [0.2, 0.25) is 0 Å². The van der Waals surface area contributed by atoms with Crippen LogP contribution in [0.15, 0.2) is 11.6 Å². The lowest BCUT2D eigenvalue weighted by atomic mass is 10.0. The second kappa shape index (κ2) is 5.74. The van der Waals surface area contributed by atoms with E-state index in [0.717, 1.165) is 0 Å². The van der Waals surface area contributed by atoms with Crippen LogP contribution in [0.3, 0.4) is 0 Å². The van der Waals surface area contributed by atoms with Crippen molar-refractivity contribution < 1.29 is 14.3 Å². The van der Waals surface area contributed by atoms with Gasteiger partial charge in [-0.05, 0) is 27.2 Å². The number of ether oxygens (including phenoxy) is 1. The minimum atomic E-state index is -0.510. The van der Waals surface area contributed by atoms with Gasteiger partial charge < -0.3 is 9.64 Å². The summed E-state index contributed by atoms with van der Waals surface area (Å²) >= 11 is 5.62. The Kier molecular flexibility index (Phi) is 4.79. The Hall–Kier alpha value is -1.03. The minimum absolute atomic E-state index is 0.0426. The zero-order chi connectivity index (χ0) is 13.9. The van der Waals surface area contributed by atoms with Crippen molar-refractivity contribution in [2.45, 2.75) is 39.2 Å². The van der Waals surface area contributed by atoms with E-state index in [0.29, 0.717) is 24.5 Å². The van der Waals surface area contributed by atoms with Crippen LogP contribution in [0.4, 0.5) is 4.79 Å². The average Bonchev–Trinajstić information content (AvgIpc) is 2.61. The van der Waals surface area contributed by atoms with Crippen molar-refractivity contribution in [1.82, 2.24) is 4.90 Å². The highest BCUT2D eigenvalue weighted by atomic mass is 35.5. The van der Waals surface area contributed by atoms with Crippen molar-refractivity contribution in [3.05, 3.63) is 11.6 Å². The molecule has 18 heavy (non-hydrogen) atoms. The third-order valence-electron chi connectivity index (χ3n) is 2.66. The maximum absolute atomic E-state index is 11.8. The van der Waals surface area contributed by atoms with Crippen LogP contribution in [0.25, 0.3) is 0 Å². The van der Waals surface area contributed by atoms with Crippen molar-refractivity contribution in [1.29, 1.82) is 0 Å². The molecule has 1 rings (SSSR count). The summed E-state index contributed by atoms with van der Waals surface area (Å²) in [6, 6.07) is 0. The summed E-state index contributed by atoms with van der Waals surface area (Å²) in [5, 5.41) is 0.343. The Balaban J connectivity index is 2.48. The number of carbonyl (C=O) groups excluding carboxylic acids is 2. The maximum Gasteiger partial charge on any atom is 0.410 e. The third kappa shape index (κ3) is 4.69. The monoisotopic (exact) mass is 273 g/mol. The number of Topliss-reactive ketones (excluding diaryl/α,β-unsaturated/α-hetero) is 1. The van der Waals surface area contributed by atoms with Gasteiger partial charge in [-0.1, -0.05) is 18.2 Å². The Morgan fingerprint density at radius 1 is 1.44 bits per heavy atom. The number of likely N-dealkylation sites (tertiary alicyclic amines) is 1. The van der Waals surface area contributed by atoms with E-state index in [1.165, 1.54) is 0 Å². The minimum Gasteiger partial charge on any atom is -0.444 e. The molecule has 0 bridgehead atoms. The van der Waals surface area contributed by atoms with Crippen LogP contribution in [0, 0.1) is 5.92 Å². The quantitative estimate of drug-likeness (QED) is 0.794. The van der Waals surface area contributed by atoms with Gasteiger partial charge in [0, 0.05) is 30.5 Å². The van der Waals surface area contributed by atoms with E-state index < -0.39 is 5.60 Å². The molecular formula is C13H20ClNO3. The van der Waals surface area contributed by atoms with Gasteiger partial charge in [-0.25, -0.2) is 4.79 Å². The molecule has 1 fully saturated rings. The number of nitrogens with zero attached hydrogens (tertiary/aromatic N) is 1. The molecule has 1 aliphatic heterocycles. The van der Waals surface area contributed by atoms with Gasteiger partial charge in [-0.3, -0.25) is 4.79 Å². The first-order valence-electron chi connectivity index (χ1n) is 6.03. The van der Waals surface area contributed by atoms with E-state index in [9.17, 15) is 9.59 Å². The van der Waals surface area contributed by atoms with Crippen molar-refractivity contribution in [2.75, 3.05) is 13.1 Å². The normalized spacial score (nSPS) is 19.8. The van der Waals surface area contributed by atoms with E-state index >= 15 is 0 Å². The molecule has 0 aliphatic carbocycles. The first-order valence-corrected chi connectivity index (χ1v) is 6.41. The summed E-state index contributed by atoms with van der Waals surface area (Å²) < 4.78 is 5.26. The number of amides is 1. The molecule has 1 saturated heterocycles. The van der Waals surface area contributed by atoms with Gasteiger partial charge in [0.25, 0.3) is 0 Å². The highest BCUT2D eigenvalue weighted by molar-refractivity contribution is 6.30. The molecule has 1 aliphatic rings. The van der Waals surface area contributed by atoms with Crippen LogP contribution in [0.5, 0.6) is 0 Å². The van der Waals surface area contributed by atoms with E-state index in [2.05, 4.69) is 6.58 Å². The molecular weight excluding hydrogens is 254 g/mol. The predicted octanol–water partition coefficient (Wildman–Crippen LogP) is 2.96. The molecule has 0 saturated carbocycles. The van der Waals surface area contributed by atoms with E-state index in [1.54, 1.807) is 4.90 Å². The highest BCUT2D eigenvalue weighted by Gasteiger charge is 2.33. The lowest BCUT2D eigenvalue weighted by molar-refractivity contribution is -0.121. The van der Waals surface area contributed by atoms with E-state index in [1.807, 2.05) is 20.8 Å². The molecule has 4 nitrogen and oxygen atoms in total. The average molecular weight is 274 g/mol. The summed E-state index contributed by atoms with van der Waals surface area (Å²) in [5.74, 6) is -0.103. The second-order valence-electron chi connectivity index (χ2n) is 5.57. The van der Waals surface area contributed by atoms with Gasteiger partial charge in [0.05, 0.1) is 0 Å². The van der Waals surface area contributed by atoms with Crippen molar-refractivity contribution in [2.24, 2.45) is 5.92 Å². The highest BCUT2D eigenvalue weighted by Crippen LogP contribution is 2.22. The smallest absolute Gasteiger partial charge is 0.410 e. The maximum atomic E-state index is 11.8. The van der Waals surface area contributed by atoms with Gasteiger partial charge in [-0.15, -0.1) is 0 Å². The molecule has 1 atom stereocenters. The lowest BCUT2D eigenvalue weighted by Crippen LogP contribution is -2.35. The zero-order valence-electron chi connectivity index (χ0n) is 11.2. The Labute approximate surface area is 113 Å². The number of allylic oxidation sites excluding steroid dienone is 1. The molecule has 0 aromatic rings. The van der Waals surface area contributed by atoms with Gasteiger partial charge in [0.1, 0.15) is 11.4 Å². The molecule has 0 aromatic heterocycles. The molecule has 0 aromatic carbocycles. The number of rotatable bonds is 3. The SMILES string of the molecule is C=C(Cl)CC(=O)C1CCN(C(=O)OC(C)(C)C)C1. The molecule has 102 valence electrons. The standard InChI is InChI=1S/C13H20ClNO3/c1-9(14)7-11(16)10-5-6-15(8-10)12(17)18-13(2,3)4/h10H,1,5-8H2,2-4H3. The van der Waals surface area contributed by atoms with Crippen LogP contribution in [0.2, 0.25) is 0 Å². The zero-order valence-corrected chi connectivity index (χ0v) is 11.9. The summed E-state index contributed by atoms with van der Waals surface area (Å²) in [6.45, 7) is 9.94. The molecule has 1 unspecified atom stereocenters. The number of hydrogen-bond donors (Lipinski definition) is 0. The summed E-state index contributed by atoms with van der Waals surface area (Å²) in [4.78, 5) is 25.2. The molecule has 1 amide bonds. The number of ketones is 1. The van der Waals surface area contributed by atoms with Crippen LogP contribution in [-0.4, -0.2) is 35.5 Å². The molecule has 0 N–H and O–H groups in total. The van der Waals surface area contributed by atoms with Crippen molar-refractivity contribution in [3.8, 4) is 0 Å². The summed E-state index contributed by atoms with van der Waals surface area (Å²) in [7, 11) is 0. The fourth-order valence-corrected chi connectivity index (χ4v) is 1.98. The number of halogens is 1. The first-order chi connectivity index (χ1) is 8.19. The Bertz CT molecular complexity index is 360. The van der Waals surface area contributed by atoms with Gasteiger partial charge >= 0.3 is 6.09 Å². The number of carbonyl (C=O) groups is 2. The summed E-state index contributed by atoms with van der Waals surface area (Å²) in [5.41, 5.74) is -0.510. The topological polar surface area (TPSA) is 46.6 Å². The van der Waals surface area contributed by atoms with Crippen molar-refractivity contribution >= 4 is 23.5 Å². The van der Waals surface area contributed by atoms with E-state index in [4.69, 9.17) is 16.3 Å². The Morgan fingerprint density at radius 3 is 2.56 bits per heavy atom. The van der Waals surface area contributed by atoms with Crippen LogP contribution < -0.4 is 0 Å². The largest absolute Gasteiger partial charge is 0.444 e. The van der Waals surface area contributed by atoms with E-state index in [-0.39, 0.29) is 24.2 Å². The first kappa shape index (κ1) is 15.0. The molecule has 0 radical (unpaired) electrons. The molecule has 5 heteroatoms. The number of hydrogen-bond acceptors (Lipinski definition) is 3. The van der Waals surface area contributed by atoms with Gasteiger partial charge in [-0.2, -0.15) is 0 Å². The fourth-order valence-electron chi connectivity index (χ4n) is 1.85. The summed E-state index contributed by atoms with van der Waals surface area (Å²) in [6.07, 6.45) is 0.485. The predicted molar refractivity (Wildman–Crippen MR) is 70.5 cm³/mol. The van der Waals surface area contributed by atoms with Crippen LogP contribution in [0.1, 0.15) is 33.6 Å². The Morgan fingerprint density at radius 2 is 2.06 bits per heavy atom. The van der Waals surface area contributed by atoms with Crippen LogP contribution in [-0.2, 0) is 9.53 Å². The van der Waals surface area contributed by atoms with Gasteiger partial charge in [0.15, 0.2) is 0 Å². The lowest BCUT2D eigenvalue weighted by Gasteiger charge is -2.24.